The van der Waals surface area contributed by atoms with Gasteiger partial charge in [0.1, 0.15) is 6.54 Å². The molecule has 6 nitrogen and oxygen atoms in total. The van der Waals surface area contributed by atoms with Gasteiger partial charge in [-0.1, -0.05) is 0 Å². The second-order valence-corrected chi connectivity index (χ2v) is 4.44. The van der Waals surface area contributed by atoms with Gasteiger partial charge in [0.25, 0.3) is 0 Å². The van der Waals surface area contributed by atoms with Crippen LogP contribution in [0.3, 0.4) is 0 Å². The summed E-state index contributed by atoms with van der Waals surface area (Å²) in [6, 6.07) is 0. The summed E-state index contributed by atoms with van der Waals surface area (Å²) in [7, 11) is 1.60. The highest BCUT2D eigenvalue weighted by Gasteiger charge is 2.01. The molecule has 0 aromatic heterocycles. The number of nitrogens with zero attached hydrogens (tertiary/aromatic N) is 1. The van der Waals surface area contributed by atoms with Crippen molar-refractivity contribution >= 4 is 47.6 Å². The zero-order valence-corrected chi connectivity index (χ0v) is 15.0. The van der Waals surface area contributed by atoms with Gasteiger partial charge >= 0.3 is 0 Å². The lowest BCUT2D eigenvalue weighted by atomic mass is 10.5. The number of amides is 1. The average molecular weight is 404 g/mol. The van der Waals surface area contributed by atoms with Crippen LogP contribution in [0.1, 0.15) is 6.92 Å². The summed E-state index contributed by atoms with van der Waals surface area (Å²) >= 11 is 1.76. The number of carbonyl (C=O) groups is 1. The molecule has 1 amide bonds. The summed E-state index contributed by atoms with van der Waals surface area (Å²) in [5.74, 6) is 1.58. The molecule has 0 aliphatic carbocycles. The SMILES string of the molecule is CCNC(=NCC(=O)NCCOC)NCCSC.I. The van der Waals surface area contributed by atoms with Gasteiger partial charge in [0, 0.05) is 32.5 Å². The molecule has 0 rings (SSSR count). The van der Waals surface area contributed by atoms with Crippen molar-refractivity contribution in [1.29, 1.82) is 0 Å². The molecule has 0 unspecified atom stereocenters. The first kappa shape index (κ1) is 21.1. The monoisotopic (exact) mass is 404 g/mol. The Balaban J connectivity index is 0. The maximum atomic E-state index is 11.4. The summed E-state index contributed by atoms with van der Waals surface area (Å²) in [4.78, 5) is 15.6. The Bertz CT molecular complexity index is 255. The van der Waals surface area contributed by atoms with Crippen LogP contribution in [0.5, 0.6) is 0 Å². The van der Waals surface area contributed by atoms with Crippen LogP contribution in [-0.2, 0) is 9.53 Å². The Morgan fingerprint density at radius 1 is 1.26 bits per heavy atom. The van der Waals surface area contributed by atoms with Gasteiger partial charge in [0.05, 0.1) is 6.61 Å². The van der Waals surface area contributed by atoms with Crippen LogP contribution in [0.25, 0.3) is 0 Å². The number of hydrogen-bond donors (Lipinski definition) is 3. The lowest BCUT2D eigenvalue weighted by Crippen LogP contribution is -2.39. The van der Waals surface area contributed by atoms with Crippen LogP contribution in [0, 0.1) is 0 Å². The van der Waals surface area contributed by atoms with Crippen LogP contribution < -0.4 is 16.0 Å². The number of ether oxygens (including phenoxy) is 1. The molecule has 0 aliphatic rings. The van der Waals surface area contributed by atoms with Crippen molar-refractivity contribution in [3.8, 4) is 0 Å². The van der Waals surface area contributed by atoms with Gasteiger partial charge in [-0.05, 0) is 13.2 Å². The third-order valence-electron chi connectivity index (χ3n) is 1.95. The summed E-state index contributed by atoms with van der Waals surface area (Å²) < 4.78 is 4.84. The smallest absolute Gasteiger partial charge is 0.241 e. The quantitative estimate of drug-likeness (QED) is 0.223. The highest BCUT2D eigenvalue weighted by atomic mass is 127. The Morgan fingerprint density at radius 2 is 2.00 bits per heavy atom. The number of guanidine groups is 1. The van der Waals surface area contributed by atoms with E-state index in [9.17, 15) is 4.79 Å². The predicted molar refractivity (Wildman–Crippen MR) is 92.7 cm³/mol. The zero-order valence-electron chi connectivity index (χ0n) is 11.8. The lowest BCUT2D eigenvalue weighted by molar-refractivity contribution is -0.119. The number of carbonyl (C=O) groups excluding carboxylic acids is 1. The zero-order chi connectivity index (χ0) is 13.6. The molecule has 0 aromatic carbocycles. The molecule has 8 heteroatoms. The third-order valence-corrected chi connectivity index (χ3v) is 2.56. The average Bonchev–Trinajstić information content (AvgIpc) is 2.36. The number of hydrogen-bond acceptors (Lipinski definition) is 4. The van der Waals surface area contributed by atoms with Gasteiger partial charge in [-0.2, -0.15) is 11.8 Å². The Kier molecular flexibility index (Phi) is 17.6. The highest BCUT2D eigenvalue weighted by molar-refractivity contribution is 14.0. The van der Waals surface area contributed by atoms with E-state index in [1.807, 2.05) is 6.92 Å². The van der Waals surface area contributed by atoms with Gasteiger partial charge in [0.15, 0.2) is 5.96 Å². The minimum Gasteiger partial charge on any atom is -0.383 e. The molecule has 0 bridgehead atoms. The molecular formula is C11H25IN4O2S. The molecule has 19 heavy (non-hydrogen) atoms. The highest BCUT2D eigenvalue weighted by Crippen LogP contribution is 1.87. The van der Waals surface area contributed by atoms with E-state index < -0.39 is 0 Å². The molecule has 0 atom stereocenters. The summed E-state index contributed by atoms with van der Waals surface area (Å²) in [5.41, 5.74) is 0. The van der Waals surface area contributed by atoms with Crippen molar-refractivity contribution in [1.82, 2.24) is 16.0 Å². The van der Waals surface area contributed by atoms with Gasteiger partial charge < -0.3 is 20.7 Å². The number of rotatable bonds is 9. The molecule has 0 fully saturated rings. The number of aliphatic imine (C=N–C) groups is 1. The molecule has 114 valence electrons. The van der Waals surface area contributed by atoms with Crippen molar-refractivity contribution < 1.29 is 9.53 Å². The molecule has 0 heterocycles. The summed E-state index contributed by atoms with van der Waals surface area (Å²) in [6.07, 6.45) is 2.05. The first-order chi connectivity index (χ1) is 8.74. The topological polar surface area (TPSA) is 74.8 Å². The maximum absolute atomic E-state index is 11.4. The van der Waals surface area contributed by atoms with E-state index in [0.717, 1.165) is 18.8 Å². The van der Waals surface area contributed by atoms with Crippen molar-refractivity contribution in [2.75, 3.05) is 51.9 Å². The van der Waals surface area contributed by atoms with E-state index >= 15 is 0 Å². The van der Waals surface area contributed by atoms with Crippen LogP contribution in [0.15, 0.2) is 4.99 Å². The summed E-state index contributed by atoms with van der Waals surface area (Å²) in [5, 5.41) is 8.96. The van der Waals surface area contributed by atoms with E-state index in [4.69, 9.17) is 4.74 Å². The molecular weight excluding hydrogens is 379 g/mol. The minimum absolute atomic E-state index is 0. The Labute approximate surface area is 136 Å². The van der Waals surface area contributed by atoms with E-state index in [1.165, 1.54) is 0 Å². The predicted octanol–water partition coefficient (Wildman–Crippen LogP) is 0.285. The minimum atomic E-state index is -0.103. The van der Waals surface area contributed by atoms with E-state index in [0.29, 0.717) is 19.1 Å². The van der Waals surface area contributed by atoms with Gasteiger partial charge in [-0.15, -0.1) is 24.0 Å². The molecule has 0 saturated heterocycles. The Hall–Kier alpha value is -0.220. The molecule has 0 aliphatic heterocycles. The van der Waals surface area contributed by atoms with Crippen molar-refractivity contribution in [2.24, 2.45) is 4.99 Å². The maximum Gasteiger partial charge on any atom is 0.241 e. The van der Waals surface area contributed by atoms with Crippen LogP contribution in [0.2, 0.25) is 0 Å². The number of nitrogens with one attached hydrogen (secondary N) is 3. The van der Waals surface area contributed by atoms with E-state index in [2.05, 4.69) is 27.2 Å². The number of methoxy groups -OCH3 is 1. The fourth-order valence-electron chi connectivity index (χ4n) is 1.11. The summed E-state index contributed by atoms with van der Waals surface area (Å²) in [6.45, 7) is 4.75. The fourth-order valence-corrected chi connectivity index (χ4v) is 1.42. The molecule has 0 radical (unpaired) electrons. The lowest BCUT2D eigenvalue weighted by Gasteiger charge is -2.10. The van der Waals surface area contributed by atoms with Crippen LogP contribution in [-0.4, -0.2) is 63.8 Å². The normalized spacial score (nSPS) is 10.6. The van der Waals surface area contributed by atoms with Crippen molar-refractivity contribution in [3.63, 3.8) is 0 Å². The third kappa shape index (κ3) is 14.0. The fraction of sp³-hybridized carbons (Fsp3) is 0.818. The first-order valence-corrected chi connectivity index (χ1v) is 7.40. The van der Waals surface area contributed by atoms with E-state index in [-0.39, 0.29) is 36.4 Å². The first-order valence-electron chi connectivity index (χ1n) is 6.01. The van der Waals surface area contributed by atoms with Crippen molar-refractivity contribution in [2.45, 2.75) is 6.92 Å². The second-order valence-electron chi connectivity index (χ2n) is 3.46. The largest absolute Gasteiger partial charge is 0.383 e. The van der Waals surface area contributed by atoms with E-state index in [1.54, 1.807) is 18.9 Å². The molecule has 0 saturated carbocycles. The number of thioether (sulfide) groups is 1. The Morgan fingerprint density at radius 3 is 2.58 bits per heavy atom. The van der Waals surface area contributed by atoms with Crippen LogP contribution >= 0.6 is 35.7 Å². The second kappa shape index (κ2) is 15.8. The molecule has 0 spiro atoms. The number of halogens is 1. The molecule has 3 N–H and O–H groups in total. The van der Waals surface area contributed by atoms with Gasteiger partial charge in [-0.3, -0.25) is 4.79 Å². The van der Waals surface area contributed by atoms with Crippen molar-refractivity contribution in [3.05, 3.63) is 0 Å². The molecule has 0 aromatic rings. The standard InChI is InChI=1S/C11H24N4O2S.HI/c1-4-12-11(14-6-8-18-3)15-9-10(16)13-5-7-17-2;/h4-9H2,1-3H3,(H,13,16)(H2,12,14,15);1H. The van der Waals surface area contributed by atoms with Gasteiger partial charge in [0.2, 0.25) is 5.91 Å². The van der Waals surface area contributed by atoms with Crippen LogP contribution in [0.4, 0.5) is 0 Å². The van der Waals surface area contributed by atoms with Gasteiger partial charge in [-0.25, -0.2) is 4.99 Å².